The minimum Gasteiger partial charge on any atom is -0.492 e. The molecule has 1 aromatic rings. The van der Waals surface area contributed by atoms with Gasteiger partial charge in [0, 0.05) is 5.92 Å². The molecular weight excluding hydrogens is 432 g/mol. The SMILES string of the molecule is CCOC(=O)CSC1=C(C#N)[C@H](c2ccc(OCC)c(Cl)c2)[C@H](C(=O)OC)C(=O)N1. The molecular formula is C20H21ClN2O6S. The van der Waals surface area contributed by atoms with Crippen LogP contribution in [0.1, 0.15) is 25.3 Å². The van der Waals surface area contributed by atoms with Crippen LogP contribution in [0.25, 0.3) is 0 Å². The Morgan fingerprint density at radius 3 is 2.60 bits per heavy atom. The number of nitrogens with zero attached hydrogens (tertiary/aromatic N) is 1. The number of carbonyl (C=O) groups is 3. The zero-order valence-electron chi connectivity index (χ0n) is 16.7. The molecule has 0 unspecified atom stereocenters. The first-order valence-corrected chi connectivity index (χ1v) is 10.5. The summed E-state index contributed by atoms with van der Waals surface area (Å²) in [6, 6.07) is 6.86. The van der Waals surface area contributed by atoms with E-state index in [0.29, 0.717) is 17.9 Å². The summed E-state index contributed by atoms with van der Waals surface area (Å²) in [6.45, 7) is 4.12. The Morgan fingerprint density at radius 2 is 2.03 bits per heavy atom. The number of methoxy groups -OCH3 is 1. The quantitative estimate of drug-likeness (QED) is 0.473. The number of ether oxygens (including phenoxy) is 3. The minimum atomic E-state index is -1.29. The van der Waals surface area contributed by atoms with E-state index in [4.69, 9.17) is 25.8 Å². The molecule has 0 aromatic heterocycles. The third kappa shape index (κ3) is 5.26. The number of benzene rings is 1. The van der Waals surface area contributed by atoms with Gasteiger partial charge in [-0.25, -0.2) is 0 Å². The molecule has 0 saturated heterocycles. The van der Waals surface area contributed by atoms with Crippen LogP contribution in [0.2, 0.25) is 5.02 Å². The lowest BCUT2D eigenvalue weighted by atomic mass is 9.78. The molecule has 0 spiro atoms. The summed E-state index contributed by atoms with van der Waals surface area (Å²) >= 11 is 7.24. The second-order valence-corrected chi connectivity index (χ2v) is 7.43. The molecule has 2 rings (SSSR count). The van der Waals surface area contributed by atoms with Crippen molar-refractivity contribution in [2.45, 2.75) is 19.8 Å². The first-order chi connectivity index (χ1) is 14.4. The topological polar surface area (TPSA) is 115 Å². The van der Waals surface area contributed by atoms with E-state index >= 15 is 0 Å². The zero-order valence-corrected chi connectivity index (χ0v) is 18.3. The highest BCUT2D eigenvalue weighted by Crippen LogP contribution is 2.42. The van der Waals surface area contributed by atoms with Gasteiger partial charge in [-0.3, -0.25) is 14.4 Å². The van der Waals surface area contributed by atoms with Crippen LogP contribution in [-0.2, 0) is 23.9 Å². The van der Waals surface area contributed by atoms with Gasteiger partial charge in [-0.1, -0.05) is 29.4 Å². The van der Waals surface area contributed by atoms with Crippen LogP contribution < -0.4 is 10.1 Å². The predicted molar refractivity (Wildman–Crippen MR) is 111 cm³/mol. The van der Waals surface area contributed by atoms with Gasteiger partial charge in [-0.05, 0) is 31.5 Å². The third-order valence-electron chi connectivity index (χ3n) is 4.24. The van der Waals surface area contributed by atoms with Gasteiger partial charge in [-0.15, -0.1) is 0 Å². The van der Waals surface area contributed by atoms with Crippen LogP contribution in [0, 0.1) is 17.2 Å². The van der Waals surface area contributed by atoms with Crippen molar-refractivity contribution < 1.29 is 28.6 Å². The fraction of sp³-hybridized carbons (Fsp3) is 0.400. The van der Waals surface area contributed by atoms with Crippen molar-refractivity contribution in [1.82, 2.24) is 5.32 Å². The largest absolute Gasteiger partial charge is 0.492 e. The molecule has 1 aliphatic heterocycles. The minimum absolute atomic E-state index is 0.103. The van der Waals surface area contributed by atoms with Gasteiger partial charge < -0.3 is 19.5 Å². The molecule has 0 bridgehead atoms. The van der Waals surface area contributed by atoms with Crippen molar-refractivity contribution in [2.24, 2.45) is 5.92 Å². The van der Waals surface area contributed by atoms with Gasteiger partial charge in [0.05, 0.1) is 47.8 Å². The van der Waals surface area contributed by atoms with Crippen LogP contribution in [0.4, 0.5) is 0 Å². The number of thioether (sulfide) groups is 1. The average molecular weight is 453 g/mol. The van der Waals surface area contributed by atoms with E-state index in [1.165, 1.54) is 7.11 Å². The Balaban J connectivity index is 2.53. The van der Waals surface area contributed by atoms with E-state index in [1.54, 1.807) is 25.1 Å². The number of nitrogens with one attached hydrogen (secondary N) is 1. The number of hydrogen-bond acceptors (Lipinski definition) is 8. The molecule has 10 heteroatoms. The van der Waals surface area contributed by atoms with E-state index in [-0.39, 0.29) is 28.0 Å². The van der Waals surface area contributed by atoms with Crippen molar-refractivity contribution in [3.05, 3.63) is 39.4 Å². The normalized spacial score (nSPS) is 18.3. The Bertz CT molecular complexity index is 911. The molecule has 0 saturated carbocycles. The van der Waals surface area contributed by atoms with Crippen LogP contribution in [0.3, 0.4) is 0 Å². The fourth-order valence-corrected chi connectivity index (χ4v) is 4.09. The molecule has 1 aromatic carbocycles. The standard InChI is InChI=1S/C20H21ClN2O6S/c1-4-28-14-7-6-11(8-13(14)21)16-12(9-22)19(30-10-15(24)29-5-2)23-18(25)17(16)20(26)27-3/h6-8,16-17H,4-5,10H2,1-3H3,(H,23,25)/t16-,17-/m0/s1. The maximum atomic E-state index is 12.7. The summed E-state index contributed by atoms with van der Waals surface area (Å²) in [5.74, 6) is -3.80. The lowest BCUT2D eigenvalue weighted by Gasteiger charge is -2.31. The monoisotopic (exact) mass is 452 g/mol. The predicted octanol–water partition coefficient (Wildman–Crippen LogP) is 2.77. The summed E-state index contributed by atoms with van der Waals surface area (Å²) in [7, 11) is 1.17. The van der Waals surface area contributed by atoms with E-state index in [2.05, 4.69) is 11.4 Å². The summed E-state index contributed by atoms with van der Waals surface area (Å²) < 4.78 is 15.1. The molecule has 1 N–H and O–H groups in total. The van der Waals surface area contributed by atoms with Gasteiger partial charge in [0.1, 0.15) is 11.7 Å². The molecule has 160 valence electrons. The highest BCUT2D eigenvalue weighted by atomic mass is 35.5. The van der Waals surface area contributed by atoms with E-state index in [0.717, 1.165) is 11.8 Å². The Labute approximate surface area is 183 Å². The van der Waals surface area contributed by atoms with E-state index in [1.807, 2.05) is 6.92 Å². The molecule has 1 aliphatic rings. The van der Waals surface area contributed by atoms with Crippen LogP contribution >= 0.6 is 23.4 Å². The molecule has 0 fully saturated rings. The number of allylic oxidation sites excluding steroid dienone is 1. The first-order valence-electron chi connectivity index (χ1n) is 9.11. The number of hydrogen-bond donors (Lipinski definition) is 1. The van der Waals surface area contributed by atoms with Gasteiger partial charge in [0.15, 0.2) is 0 Å². The first kappa shape index (κ1) is 23.6. The summed E-state index contributed by atoms with van der Waals surface area (Å²) in [6.07, 6.45) is 0. The van der Waals surface area contributed by atoms with Gasteiger partial charge >= 0.3 is 11.9 Å². The summed E-state index contributed by atoms with van der Waals surface area (Å²) in [4.78, 5) is 36.8. The van der Waals surface area contributed by atoms with Crippen molar-refractivity contribution in [2.75, 3.05) is 26.1 Å². The molecule has 1 amide bonds. The second kappa shape index (κ2) is 10.9. The molecule has 2 atom stereocenters. The Kier molecular flexibility index (Phi) is 8.57. The lowest BCUT2D eigenvalue weighted by molar-refractivity contribution is -0.150. The van der Waals surface area contributed by atoms with E-state index < -0.39 is 29.7 Å². The van der Waals surface area contributed by atoms with Crippen LogP contribution in [0.15, 0.2) is 28.8 Å². The van der Waals surface area contributed by atoms with Crippen LogP contribution in [-0.4, -0.2) is 43.9 Å². The van der Waals surface area contributed by atoms with Gasteiger partial charge in [0.25, 0.3) is 0 Å². The van der Waals surface area contributed by atoms with Crippen molar-refractivity contribution >= 4 is 41.2 Å². The van der Waals surface area contributed by atoms with Crippen molar-refractivity contribution in [1.29, 1.82) is 5.26 Å². The average Bonchev–Trinajstić information content (AvgIpc) is 2.73. The number of esters is 2. The number of rotatable bonds is 8. The number of carbonyl (C=O) groups excluding carboxylic acids is 3. The van der Waals surface area contributed by atoms with Gasteiger partial charge in [-0.2, -0.15) is 5.26 Å². The second-order valence-electron chi connectivity index (χ2n) is 6.04. The molecule has 30 heavy (non-hydrogen) atoms. The highest BCUT2D eigenvalue weighted by molar-refractivity contribution is 8.03. The molecule has 8 nitrogen and oxygen atoms in total. The van der Waals surface area contributed by atoms with Crippen molar-refractivity contribution in [3.63, 3.8) is 0 Å². The summed E-state index contributed by atoms with van der Waals surface area (Å²) in [5, 5.41) is 12.8. The number of nitriles is 1. The highest BCUT2D eigenvalue weighted by Gasteiger charge is 2.44. The third-order valence-corrected chi connectivity index (χ3v) is 5.52. The molecule has 0 radical (unpaired) electrons. The summed E-state index contributed by atoms with van der Waals surface area (Å²) in [5.41, 5.74) is 0.596. The fourth-order valence-electron chi connectivity index (χ4n) is 3.00. The smallest absolute Gasteiger partial charge is 0.319 e. The van der Waals surface area contributed by atoms with Crippen LogP contribution in [0.5, 0.6) is 5.75 Å². The Morgan fingerprint density at radius 1 is 1.30 bits per heavy atom. The molecule has 1 heterocycles. The molecule has 0 aliphatic carbocycles. The van der Waals surface area contributed by atoms with E-state index in [9.17, 15) is 19.6 Å². The lowest BCUT2D eigenvalue weighted by Crippen LogP contribution is -2.44. The van der Waals surface area contributed by atoms with Crippen molar-refractivity contribution in [3.8, 4) is 11.8 Å². The maximum absolute atomic E-state index is 12.7. The number of amides is 1. The van der Waals surface area contributed by atoms with Gasteiger partial charge in [0.2, 0.25) is 5.91 Å². The maximum Gasteiger partial charge on any atom is 0.319 e. The Hall–Kier alpha value is -2.70. The number of halogens is 1. The zero-order chi connectivity index (χ0) is 22.3.